The smallest absolute Gasteiger partial charge is 0.405 e. The van der Waals surface area contributed by atoms with Crippen molar-refractivity contribution in [2.45, 2.75) is 19.1 Å². The molecule has 6 nitrogen and oxygen atoms in total. The van der Waals surface area contributed by atoms with Crippen molar-refractivity contribution in [2.75, 3.05) is 0 Å². The van der Waals surface area contributed by atoms with E-state index in [1.54, 1.807) is 24.3 Å². The molecule has 0 aliphatic rings. The second-order valence-electron chi connectivity index (χ2n) is 3.52. The summed E-state index contributed by atoms with van der Waals surface area (Å²) in [4.78, 5) is 21.6. The molecule has 0 bridgehead atoms. The van der Waals surface area contributed by atoms with Crippen LogP contribution in [-0.4, -0.2) is 18.3 Å². The van der Waals surface area contributed by atoms with Crippen molar-refractivity contribution in [3.05, 3.63) is 34.9 Å². The molecule has 0 aliphatic heterocycles. The first-order chi connectivity index (χ1) is 8.41. The van der Waals surface area contributed by atoms with Crippen molar-refractivity contribution in [1.82, 2.24) is 0 Å². The highest BCUT2D eigenvalue weighted by Gasteiger charge is 2.27. The SMILES string of the molecule is CC(OC(N)=O)C(OC(N)=O)c1ccccc1Cl. The van der Waals surface area contributed by atoms with Gasteiger partial charge in [-0.05, 0) is 13.0 Å². The molecule has 0 heterocycles. The maximum Gasteiger partial charge on any atom is 0.405 e. The number of ether oxygens (including phenoxy) is 2. The van der Waals surface area contributed by atoms with Crippen LogP contribution in [0.1, 0.15) is 18.6 Å². The summed E-state index contributed by atoms with van der Waals surface area (Å²) >= 11 is 5.98. The van der Waals surface area contributed by atoms with Crippen LogP contribution in [0.5, 0.6) is 0 Å². The zero-order chi connectivity index (χ0) is 13.7. The van der Waals surface area contributed by atoms with Crippen molar-refractivity contribution in [1.29, 1.82) is 0 Å². The molecule has 2 unspecified atom stereocenters. The van der Waals surface area contributed by atoms with Crippen molar-refractivity contribution in [2.24, 2.45) is 11.5 Å². The molecule has 2 atom stereocenters. The lowest BCUT2D eigenvalue weighted by atomic mass is 10.1. The largest absolute Gasteiger partial charge is 0.442 e. The van der Waals surface area contributed by atoms with Crippen LogP contribution in [0.2, 0.25) is 5.02 Å². The Kier molecular flexibility index (Phi) is 4.79. The third-order valence-electron chi connectivity index (χ3n) is 2.18. The number of nitrogens with two attached hydrogens (primary N) is 2. The maximum absolute atomic E-state index is 10.9. The molecule has 2 amide bonds. The van der Waals surface area contributed by atoms with Gasteiger partial charge in [0.2, 0.25) is 0 Å². The van der Waals surface area contributed by atoms with E-state index in [-0.39, 0.29) is 0 Å². The van der Waals surface area contributed by atoms with E-state index >= 15 is 0 Å². The molecule has 0 aliphatic carbocycles. The Bertz CT molecular complexity index is 452. The number of amides is 2. The summed E-state index contributed by atoms with van der Waals surface area (Å²) in [5.41, 5.74) is 10.4. The molecule has 1 aromatic rings. The number of hydrogen-bond donors (Lipinski definition) is 2. The van der Waals surface area contributed by atoms with Crippen LogP contribution < -0.4 is 11.5 Å². The van der Waals surface area contributed by atoms with Gasteiger partial charge in [0.15, 0.2) is 6.10 Å². The molecule has 18 heavy (non-hydrogen) atoms. The van der Waals surface area contributed by atoms with E-state index in [0.29, 0.717) is 10.6 Å². The summed E-state index contributed by atoms with van der Waals surface area (Å²) in [6.45, 7) is 1.52. The number of rotatable bonds is 4. The van der Waals surface area contributed by atoms with Crippen LogP contribution in [0, 0.1) is 0 Å². The molecule has 0 saturated carbocycles. The molecule has 0 fully saturated rings. The Morgan fingerprint density at radius 2 is 1.72 bits per heavy atom. The average molecular weight is 273 g/mol. The molecule has 98 valence electrons. The molecular weight excluding hydrogens is 260 g/mol. The van der Waals surface area contributed by atoms with E-state index < -0.39 is 24.4 Å². The Morgan fingerprint density at radius 1 is 1.17 bits per heavy atom. The van der Waals surface area contributed by atoms with Gasteiger partial charge >= 0.3 is 12.2 Å². The van der Waals surface area contributed by atoms with Gasteiger partial charge in [-0.3, -0.25) is 0 Å². The summed E-state index contributed by atoms with van der Waals surface area (Å²) in [5.74, 6) is 0. The van der Waals surface area contributed by atoms with Crippen LogP contribution >= 0.6 is 11.6 Å². The van der Waals surface area contributed by atoms with E-state index in [9.17, 15) is 9.59 Å². The Balaban J connectivity index is 3.01. The molecule has 4 N–H and O–H groups in total. The number of carbonyl (C=O) groups is 2. The number of hydrogen-bond acceptors (Lipinski definition) is 4. The van der Waals surface area contributed by atoms with Gasteiger partial charge < -0.3 is 20.9 Å². The molecule has 0 radical (unpaired) electrons. The summed E-state index contributed by atoms with van der Waals surface area (Å²) < 4.78 is 9.67. The first-order valence-electron chi connectivity index (χ1n) is 5.08. The summed E-state index contributed by atoms with van der Waals surface area (Å²) in [5, 5.41) is 0.365. The number of halogens is 1. The quantitative estimate of drug-likeness (QED) is 0.874. The highest BCUT2D eigenvalue weighted by molar-refractivity contribution is 6.31. The van der Waals surface area contributed by atoms with E-state index in [0.717, 1.165) is 0 Å². The van der Waals surface area contributed by atoms with Gasteiger partial charge in [0, 0.05) is 10.6 Å². The van der Waals surface area contributed by atoms with Crippen molar-refractivity contribution in [3.63, 3.8) is 0 Å². The minimum atomic E-state index is -1.00. The number of benzene rings is 1. The zero-order valence-electron chi connectivity index (χ0n) is 9.63. The molecule has 1 rings (SSSR count). The highest BCUT2D eigenvalue weighted by atomic mass is 35.5. The van der Waals surface area contributed by atoms with E-state index in [1.165, 1.54) is 6.92 Å². The van der Waals surface area contributed by atoms with E-state index in [2.05, 4.69) is 0 Å². The van der Waals surface area contributed by atoms with Gasteiger partial charge in [-0.2, -0.15) is 0 Å². The average Bonchev–Trinajstić information content (AvgIpc) is 2.25. The first-order valence-corrected chi connectivity index (χ1v) is 5.46. The van der Waals surface area contributed by atoms with Gasteiger partial charge in [0.05, 0.1) is 0 Å². The standard InChI is InChI=1S/C11H13ClN2O4/c1-6(17-10(13)15)9(18-11(14)16)7-4-2-3-5-8(7)12/h2-6,9H,1H3,(H2,13,15)(H2,14,16). The van der Waals surface area contributed by atoms with Crippen molar-refractivity contribution in [3.8, 4) is 0 Å². The predicted molar refractivity (Wildman–Crippen MR) is 65.0 cm³/mol. The molecule has 0 spiro atoms. The highest BCUT2D eigenvalue weighted by Crippen LogP contribution is 2.29. The van der Waals surface area contributed by atoms with Crippen LogP contribution in [0.4, 0.5) is 9.59 Å². The normalized spacial score (nSPS) is 13.4. The fourth-order valence-electron chi connectivity index (χ4n) is 1.49. The lowest BCUT2D eigenvalue weighted by Gasteiger charge is -2.23. The lowest BCUT2D eigenvalue weighted by Crippen LogP contribution is -2.30. The van der Waals surface area contributed by atoms with Gasteiger partial charge in [-0.1, -0.05) is 29.8 Å². The molecule has 0 saturated heterocycles. The van der Waals surface area contributed by atoms with Crippen LogP contribution in [-0.2, 0) is 9.47 Å². The van der Waals surface area contributed by atoms with E-state index in [1.807, 2.05) is 0 Å². The van der Waals surface area contributed by atoms with Gasteiger partial charge in [-0.15, -0.1) is 0 Å². The van der Waals surface area contributed by atoms with Crippen molar-refractivity contribution < 1.29 is 19.1 Å². The fourth-order valence-corrected chi connectivity index (χ4v) is 1.73. The van der Waals surface area contributed by atoms with Gasteiger partial charge in [-0.25, -0.2) is 9.59 Å². The van der Waals surface area contributed by atoms with E-state index in [4.69, 9.17) is 32.5 Å². The Morgan fingerprint density at radius 3 is 2.22 bits per heavy atom. The Hall–Kier alpha value is -1.95. The topological polar surface area (TPSA) is 105 Å². The third kappa shape index (κ3) is 3.81. The minimum Gasteiger partial charge on any atom is -0.442 e. The van der Waals surface area contributed by atoms with Crippen molar-refractivity contribution >= 4 is 23.8 Å². The monoisotopic (exact) mass is 272 g/mol. The molecule has 1 aromatic carbocycles. The summed E-state index contributed by atoms with van der Waals surface area (Å²) in [6.07, 6.45) is -3.70. The summed E-state index contributed by atoms with van der Waals surface area (Å²) in [6, 6.07) is 6.67. The van der Waals surface area contributed by atoms with Crippen LogP contribution in [0.3, 0.4) is 0 Å². The predicted octanol–water partition coefficient (Wildman–Crippen LogP) is 1.96. The number of primary amides is 2. The summed E-state index contributed by atoms with van der Waals surface area (Å²) in [7, 11) is 0. The Labute approximate surface area is 109 Å². The van der Waals surface area contributed by atoms with Gasteiger partial charge in [0.25, 0.3) is 0 Å². The third-order valence-corrected chi connectivity index (χ3v) is 2.53. The fraction of sp³-hybridized carbons (Fsp3) is 0.273. The second-order valence-corrected chi connectivity index (χ2v) is 3.93. The lowest BCUT2D eigenvalue weighted by molar-refractivity contribution is 0.00419. The second kappa shape index (κ2) is 6.11. The molecular formula is C11H13ClN2O4. The van der Waals surface area contributed by atoms with Crippen LogP contribution in [0.15, 0.2) is 24.3 Å². The maximum atomic E-state index is 10.9. The minimum absolute atomic E-state index is 0.365. The molecule has 7 heteroatoms. The zero-order valence-corrected chi connectivity index (χ0v) is 10.4. The van der Waals surface area contributed by atoms with Crippen LogP contribution in [0.25, 0.3) is 0 Å². The van der Waals surface area contributed by atoms with Gasteiger partial charge in [0.1, 0.15) is 6.10 Å². The number of carbonyl (C=O) groups excluding carboxylic acids is 2. The molecule has 0 aromatic heterocycles. The first kappa shape index (κ1) is 14.1.